The van der Waals surface area contributed by atoms with Gasteiger partial charge in [0.05, 0.1) is 13.1 Å². The lowest BCUT2D eigenvalue weighted by molar-refractivity contribution is -0.133. The zero-order valence-corrected chi connectivity index (χ0v) is 14.0. The Balaban J connectivity index is 1.37. The molecule has 126 valence electrons. The average Bonchev–Trinajstić information content (AvgIpc) is 3.27. The Bertz CT molecular complexity index is 697. The first kappa shape index (κ1) is 15.4. The number of amides is 1. The van der Waals surface area contributed by atoms with E-state index in [9.17, 15) is 4.79 Å². The van der Waals surface area contributed by atoms with Crippen molar-refractivity contribution >= 4 is 5.91 Å². The second kappa shape index (κ2) is 6.77. The molecule has 0 N–H and O–H groups in total. The van der Waals surface area contributed by atoms with E-state index in [-0.39, 0.29) is 5.91 Å². The predicted molar refractivity (Wildman–Crippen MR) is 92.4 cm³/mol. The number of carbonyl (C=O) groups is 1. The van der Waals surface area contributed by atoms with Crippen LogP contribution in [0.4, 0.5) is 0 Å². The van der Waals surface area contributed by atoms with Crippen molar-refractivity contribution in [3.05, 3.63) is 53.9 Å². The van der Waals surface area contributed by atoms with Crippen molar-refractivity contribution in [1.82, 2.24) is 19.6 Å². The molecule has 5 heteroatoms. The molecule has 24 heavy (non-hydrogen) atoms. The fourth-order valence-corrected chi connectivity index (χ4v) is 3.92. The van der Waals surface area contributed by atoms with E-state index in [4.69, 9.17) is 0 Å². The first-order chi connectivity index (χ1) is 11.8. The minimum atomic E-state index is 0.261. The summed E-state index contributed by atoms with van der Waals surface area (Å²) < 4.78 is 1.98. The minimum Gasteiger partial charge on any atom is -0.337 e. The van der Waals surface area contributed by atoms with E-state index in [1.165, 1.54) is 17.5 Å². The lowest BCUT2D eigenvalue weighted by Gasteiger charge is -2.32. The number of likely N-dealkylation sites (tertiary alicyclic amines) is 1. The van der Waals surface area contributed by atoms with Gasteiger partial charge >= 0.3 is 0 Å². The van der Waals surface area contributed by atoms with Gasteiger partial charge < -0.3 is 4.90 Å². The van der Waals surface area contributed by atoms with Crippen LogP contribution in [-0.2, 0) is 24.3 Å². The maximum Gasteiger partial charge on any atom is 0.237 e. The van der Waals surface area contributed by atoms with Crippen LogP contribution in [0.3, 0.4) is 0 Å². The van der Waals surface area contributed by atoms with Gasteiger partial charge in [-0.15, -0.1) is 0 Å². The maximum absolute atomic E-state index is 12.8. The van der Waals surface area contributed by atoms with Gasteiger partial charge in [0.25, 0.3) is 0 Å². The fraction of sp³-hybridized carbons (Fsp3) is 0.474. The number of hydrogen-bond acceptors (Lipinski definition) is 3. The molecule has 0 aliphatic carbocycles. The monoisotopic (exact) mass is 324 g/mol. The van der Waals surface area contributed by atoms with E-state index >= 15 is 0 Å². The Labute approximate surface area is 142 Å². The molecule has 1 saturated heterocycles. The van der Waals surface area contributed by atoms with Crippen molar-refractivity contribution in [2.75, 3.05) is 19.6 Å². The Morgan fingerprint density at radius 2 is 2.04 bits per heavy atom. The summed E-state index contributed by atoms with van der Waals surface area (Å²) in [6, 6.07) is 10.8. The molecule has 1 aromatic carbocycles. The van der Waals surface area contributed by atoms with E-state index in [0.717, 1.165) is 39.0 Å². The highest BCUT2D eigenvalue weighted by Crippen LogP contribution is 2.21. The van der Waals surface area contributed by atoms with Crippen LogP contribution < -0.4 is 0 Å². The molecule has 0 spiro atoms. The Morgan fingerprint density at radius 3 is 2.88 bits per heavy atom. The van der Waals surface area contributed by atoms with Gasteiger partial charge in [-0.3, -0.25) is 14.4 Å². The number of carbonyl (C=O) groups excluding carboxylic acids is 1. The van der Waals surface area contributed by atoms with Crippen molar-refractivity contribution in [2.24, 2.45) is 0 Å². The van der Waals surface area contributed by atoms with Crippen molar-refractivity contribution < 1.29 is 4.79 Å². The number of nitrogens with zero attached hydrogens (tertiary/aromatic N) is 4. The average molecular weight is 324 g/mol. The molecular formula is C19H24N4O. The standard InChI is InChI=1S/C19H24N4O/c24-19(22-12-8-16-5-1-2-6-17(16)13-22)15-21-10-3-7-18(21)14-23-11-4-9-20-23/h1-2,4-6,9,11,18H,3,7-8,10,12-15H2/t18-/m0/s1. The number of benzene rings is 1. The molecule has 3 heterocycles. The van der Waals surface area contributed by atoms with Crippen LogP contribution >= 0.6 is 0 Å². The first-order valence-corrected chi connectivity index (χ1v) is 8.85. The highest BCUT2D eigenvalue weighted by Gasteiger charge is 2.29. The van der Waals surface area contributed by atoms with Gasteiger partial charge in [-0.1, -0.05) is 24.3 Å². The number of aromatic nitrogens is 2. The summed E-state index contributed by atoms with van der Waals surface area (Å²) in [4.78, 5) is 17.1. The third-order valence-corrected chi connectivity index (χ3v) is 5.28. The zero-order chi connectivity index (χ0) is 16.4. The molecule has 0 unspecified atom stereocenters. The normalized spacial score (nSPS) is 21.0. The summed E-state index contributed by atoms with van der Waals surface area (Å²) >= 11 is 0. The number of hydrogen-bond donors (Lipinski definition) is 0. The van der Waals surface area contributed by atoms with Crippen molar-refractivity contribution in [3.8, 4) is 0 Å². The molecular weight excluding hydrogens is 300 g/mol. The van der Waals surface area contributed by atoms with E-state index in [1.807, 2.05) is 28.0 Å². The lowest BCUT2D eigenvalue weighted by Crippen LogP contribution is -2.45. The molecule has 1 amide bonds. The van der Waals surface area contributed by atoms with Crippen LogP contribution in [0, 0.1) is 0 Å². The summed E-state index contributed by atoms with van der Waals surface area (Å²) in [6.45, 7) is 4.03. The topological polar surface area (TPSA) is 41.4 Å². The second-order valence-corrected chi connectivity index (χ2v) is 6.83. The Morgan fingerprint density at radius 1 is 1.17 bits per heavy atom. The van der Waals surface area contributed by atoms with Gasteiger partial charge in [0, 0.05) is 31.5 Å². The van der Waals surface area contributed by atoms with Crippen LogP contribution in [0.2, 0.25) is 0 Å². The smallest absolute Gasteiger partial charge is 0.237 e. The van der Waals surface area contributed by atoms with Crippen molar-refractivity contribution in [1.29, 1.82) is 0 Å². The lowest BCUT2D eigenvalue weighted by atomic mass is 10.00. The third-order valence-electron chi connectivity index (χ3n) is 5.28. The highest BCUT2D eigenvalue weighted by molar-refractivity contribution is 5.78. The van der Waals surface area contributed by atoms with Gasteiger partial charge in [-0.05, 0) is 43.0 Å². The molecule has 0 bridgehead atoms. The molecule has 5 nitrogen and oxygen atoms in total. The molecule has 1 aromatic heterocycles. The number of fused-ring (bicyclic) bond motifs is 1. The molecule has 2 aliphatic rings. The van der Waals surface area contributed by atoms with E-state index < -0.39 is 0 Å². The van der Waals surface area contributed by atoms with Crippen molar-refractivity contribution in [3.63, 3.8) is 0 Å². The van der Waals surface area contributed by atoms with Crippen molar-refractivity contribution in [2.45, 2.75) is 38.4 Å². The quantitative estimate of drug-likeness (QED) is 0.863. The fourth-order valence-electron chi connectivity index (χ4n) is 3.92. The number of rotatable bonds is 4. The molecule has 0 saturated carbocycles. The minimum absolute atomic E-state index is 0.261. The second-order valence-electron chi connectivity index (χ2n) is 6.83. The summed E-state index contributed by atoms with van der Waals surface area (Å²) in [5.41, 5.74) is 2.69. The van der Waals surface area contributed by atoms with Gasteiger partial charge in [0.15, 0.2) is 0 Å². The SMILES string of the molecule is O=C(CN1CCC[C@H]1Cn1cccn1)N1CCc2ccccc2C1. The molecule has 2 aromatic rings. The van der Waals surface area contributed by atoms with Gasteiger partial charge in [-0.25, -0.2) is 0 Å². The van der Waals surface area contributed by atoms with Gasteiger partial charge in [0.1, 0.15) is 0 Å². The summed E-state index contributed by atoms with van der Waals surface area (Å²) in [5, 5.41) is 4.30. The molecule has 1 fully saturated rings. The summed E-state index contributed by atoms with van der Waals surface area (Å²) in [7, 11) is 0. The molecule has 4 rings (SSSR count). The van der Waals surface area contributed by atoms with E-state index in [0.29, 0.717) is 12.6 Å². The Kier molecular flexibility index (Phi) is 4.34. The van der Waals surface area contributed by atoms with Crippen LogP contribution in [0.15, 0.2) is 42.7 Å². The van der Waals surface area contributed by atoms with Gasteiger partial charge in [0.2, 0.25) is 5.91 Å². The van der Waals surface area contributed by atoms with Crippen LogP contribution in [0.5, 0.6) is 0 Å². The Hall–Kier alpha value is -2.14. The highest BCUT2D eigenvalue weighted by atomic mass is 16.2. The summed E-state index contributed by atoms with van der Waals surface area (Å²) in [5.74, 6) is 0.261. The zero-order valence-electron chi connectivity index (χ0n) is 14.0. The van der Waals surface area contributed by atoms with Crippen LogP contribution in [-0.4, -0.2) is 51.2 Å². The third kappa shape index (κ3) is 3.22. The van der Waals surface area contributed by atoms with Gasteiger partial charge in [-0.2, -0.15) is 5.10 Å². The van der Waals surface area contributed by atoms with Crippen LogP contribution in [0.25, 0.3) is 0 Å². The van der Waals surface area contributed by atoms with Crippen LogP contribution in [0.1, 0.15) is 24.0 Å². The predicted octanol–water partition coefficient (Wildman–Crippen LogP) is 1.93. The molecule has 2 aliphatic heterocycles. The summed E-state index contributed by atoms with van der Waals surface area (Å²) in [6.07, 6.45) is 7.10. The molecule has 1 atom stereocenters. The maximum atomic E-state index is 12.8. The van der Waals surface area contributed by atoms with E-state index in [2.05, 4.69) is 34.3 Å². The largest absolute Gasteiger partial charge is 0.337 e. The first-order valence-electron chi connectivity index (χ1n) is 8.85. The van der Waals surface area contributed by atoms with E-state index in [1.54, 1.807) is 0 Å². The molecule has 0 radical (unpaired) electrons.